The van der Waals surface area contributed by atoms with Crippen molar-refractivity contribution in [3.05, 3.63) is 12.2 Å². The van der Waals surface area contributed by atoms with Crippen molar-refractivity contribution in [1.29, 1.82) is 0 Å². The first-order chi connectivity index (χ1) is 42.5. The molecular weight excluding hydrogens is 1200 g/mol. The van der Waals surface area contributed by atoms with Crippen LogP contribution in [0.1, 0.15) is 163 Å². The van der Waals surface area contributed by atoms with Crippen LogP contribution in [-0.4, -0.2) is 260 Å². The molecule has 25 nitrogen and oxygen atoms in total. The highest BCUT2D eigenvalue weighted by Gasteiger charge is 2.47. The van der Waals surface area contributed by atoms with Crippen molar-refractivity contribution in [2.75, 3.05) is 67.4 Å². The van der Waals surface area contributed by atoms with E-state index in [1.165, 1.54) is 108 Å². The zero-order valence-corrected chi connectivity index (χ0v) is 60.8. The molecule has 0 aliphatic carbocycles. The smallest absolute Gasteiger partial charge is 0.246 e. The third-order valence-electron chi connectivity index (χ3n) is 17.1. The Morgan fingerprint density at radius 1 is 0.511 bits per heavy atom. The van der Waals surface area contributed by atoms with E-state index in [0.29, 0.717) is 12.2 Å². The van der Waals surface area contributed by atoms with Crippen LogP contribution in [0.15, 0.2) is 12.2 Å². The Balaban J connectivity index is 4.55. The Labute approximate surface area is 554 Å². The molecule has 1 fully saturated rings. The number of carbonyl (C=O) groups excluding carboxylic acids is 11. The van der Waals surface area contributed by atoms with Gasteiger partial charge in [0.1, 0.15) is 66.5 Å². The minimum Gasteiger partial charge on any atom is -0.396 e. The fourth-order valence-corrected chi connectivity index (χ4v) is 12.4. The molecule has 0 aromatic heterocycles. The SMILES string of the molecule is CC=CC[C@@H](C)[C@@H](O)[C@H]1C(=O)N[C@@H](CC)C(=O)N(C)[C@@H](CSCCCO)C(=O)N(C)[C@@H](CC(C)(C)O)C(=O)N[C@@H](C(C)C)C(=O)N(C)[C@@H](CC(C)C)C(=O)N[C@@H](C)C(=O)N[C@H](C)C(=O)N(C)[C@@H](CC(C)C)C(=O)N(C)[C@@H](CC(C)C)C(=O)N(C)[C@@H](C(C)C)C(=O)N1C. The number of aliphatic hydroxyl groups is 3. The molecule has 7 N–H and O–H groups in total. The molecule has 0 aromatic carbocycles. The van der Waals surface area contributed by atoms with Crippen LogP contribution in [0.3, 0.4) is 0 Å². The van der Waals surface area contributed by atoms with Crippen LogP contribution >= 0.6 is 11.8 Å². The molecule has 0 radical (unpaired) electrons. The second-order valence-corrected chi connectivity index (χ2v) is 29.0. The molecule has 1 aliphatic rings. The molecule has 13 atom stereocenters. The molecule has 0 spiro atoms. The van der Waals surface area contributed by atoms with Crippen LogP contribution < -0.4 is 21.3 Å². The number of allylic oxidation sites excluding steroid dienone is 2. The minimum absolute atomic E-state index is 0.0508. The Bertz CT molecular complexity index is 2510. The molecule has 0 aromatic rings. The molecule has 1 aliphatic heterocycles. The number of hydrogen-bond donors (Lipinski definition) is 7. The zero-order valence-electron chi connectivity index (χ0n) is 60.0. The van der Waals surface area contributed by atoms with E-state index < -0.39 is 161 Å². The standard InChI is InChI=1S/C66H119N11O14S/c1-25-27-29-42(13)54(79)53-58(83)69-45(26-2)60(85)75(22)50(36-92-31-28-30-78)63(88)74(21)49(35-66(16,17)91)57(82)70-51(40(9)10)64(89)71(18)46(32-37(3)4)56(81)67-43(14)55(80)68-44(15)59(84)72(19)47(33-38(5)6)61(86)73(20)48(34-39(7)8)62(87)76(23)52(41(11)12)65(90)77(53)24/h25,27,37-54,78-79,91H,26,28-36H2,1-24H3,(H,67,81)(H,68,80)(H,69,83)(H,70,82)/t42-,43+,44-,45+,46+,47+,48+,49+,50+,51+,52+,53+,54-/m1/s1. The summed E-state index contributed by atoms with van der Waals surface area (Å²) in [6.45, 7) is 28.6. The summed E-state index contributed by atoms with van der Waals surface area (Å²) in [7, 11) is 9.72. The second kappa shape index (κ2) is 38.5. The van der Waals surface area contributed by atoms with Gasteiger partial charge in [-0.3, -0.25) is 52.7 Å². The van der Waals surface area contributed by atoms with Crippen molar-refractivity contribution in [2.24, 2.45) is 35.5 Å². The van der Waals surface area contributed by atoms with E-state index >= 15 is 28.8 Å². The maximum absolute atomic E-state index is 15.3. The van der Waals surface area contributed by atoms with E-state index in [1.807, 2.05) is 41.5 Å². The predicted octanol–water partition coefficient (Wildman–Crippen LogP) is 2.87. The molecule has 92 heavy (non-hydrogen) atoms. The van der Waals surface area contributed by atoms with E-state index in [2.05, 4.69) is 21.3 Å². The van der Waals surface area contributed by atoms with Crippen LogP contribution in [0.2, 0.25) is 0 Å². The Morgan fingerprint density at radius 2 is 0.946 bits per heavy atom. The van der Waals surface area contributed by atoms with Gasteiger partial charge in [0.05, 0.1) is 11.7 Å². The number of thioether (sulfide) groups is 1. The minimum atomic E-state index is -1.67. The Kier molecular flexibility index (Phi) is 35.2. The van der Waals surface area contributed by atoms with Crippen LogP contribution in [0, 0.1) is 35.5 Å². The highest BCUT2D eigenvalue weighted by atomic mass is 32.2. The quantitative estimate of drug-likeness (QED) is 0.0681. The monoisotopic (exact) mass is 1320 g/mol. The van der Waals surface area contributed by atoms with E-state index in [-0.39, 0.29) is 68.6 Å². The summed E-state index contributed by atoms with van der Waals surface area (Å²) in [5.41, 5.74) is -1.60. The van der Waals surface area contributed by atoms with Crippen molar-refractivity contribution in [3.63, 3.8) is 0 Å². The van der Waals surface area contributed by atoms with Gasteiger partial charge in [0.25, 0.3) is 0 Å². The largest absolute Gasteiger partial charge is 0.396 e. The van der Waals surface area contributed by atoms with Gasteiger partial charge in [0.15, 0.2) is 0 Å². The van der Waals surface area contributed by atoms with Crippen molar-refractivity contribution < 1.29 is 68.1 Å². The highest BCUT2D eigenvalue weighted by Crippen LogP contribution is 2.27. The predicted molar refractivity (Wildman–Crippen MR) is 358 cm³/mol. The van der Waals surface area contributed by atoms with Crippen molar-refractivity contribution in [1.82, 2.24) is 55.6 Å². The van der Waals surface area contributed by atoms with Crippen LogP contribution in [0.25, 0.3) is 0 Å². The van der Waals surface area contributed by atoms with Crippen molar-refractivity contribution in [3.8, 4) is 0 Å². The van der Waals surface area contributed by atoms with Gasteiger partial charge in [0.2, 0.25) is 65.0 Å². The fourth-order valence-electron chi connectivity index (χ4n) is 11.3. The maximum Gasteiger partial charge on any atom is 0.246 e. The summed E-state index contributed by atoms with van der Waals surface area (Å²) in [6.07, 6.45) is 2.57. The van der Waals surface area contributed by atoms with Gasteiger partial charge in [-0.2, -0.15) is 11.8 Å². The first kappa shape index (κ1) is 84.2. The second-order valence-electron chi connectivity index (χ2n) is 27.8. The number of carbonyl (C=O) groups is 11. The summed E-state index contributed by atoms with van der Waals surface area (Å²) in [4.78, 5) is 172. The highest BCUT2D eigenvalue weighted by molar-refractivity contribution is 7.99. The molecule has 0 saturated carbocycles. The maximum atomic E-state index is 15.3. The average molecular weight is 1320 g/mol. The molecule has 528 valence electrons. The molecular formula is C66H119N11O14S. The molecule has 0 unspecified atom stereocenters. The van der Waals surface area contributed by atoms with Gasteiger partial charge < -0.3 is 70.9 Å². The number of likely N-dealkylation sites (N-methyl/N-ethyl adjacent to an activating group) is 7. The number of rotatable bonds is 20. The van der Waals surface area contributed by atoms with Gasteiger partial charge in [-0.25, -0.2) is 0 Å². The van der Waals surface area contributed by atoms with Gasteiger partial charge in [0, 0.05) is 68.1 Å². The lowest BCUT2D eigenvalue weighted by atomic mass is 9.91. The normalized spacial score (nSPS) is 26.7. The molecule has 26 heteroatoms. The lowest BCUT2D eigenvalue weighted by molar-refractivity contribution is -0.157. The third-order valence-corrected chi connectivity index (χ3v) is 18.2. The summed E-state index contributed by atoms with van der Waals surface area (Å²) in [5.74, 6) is -10.3. The Hall–Kier alpha value is -5.86. The van der Waals surface area contributed by atoms with Gasteiger partial charge in [-0.1, -0.05) is 95.2 Å². The number of nitrogens with one attached hydrogen (secondary N) is 4. The van der Waals surface area contributed by atoms with Gasteiger partial charge in [-0.05, 0) is 114 Å². The molecule has 0 bridgehead atoms. The topological polar surface area (TPSA) is 319 Å². The van der Waals surface area contributed by atoms with E-state index in [0.717, 1.165) is 14.7 Å². The first-order valence-corrected chi connectivity index (χ1v) is 33.9. The zero-order chi connectivity index (χ0) is 71.3. The summed E-state index contributed by atoms with van der Waals surface area (Å²) >= 11 is 1.24. The average Bonchev–Trinajstić information content (AvgIpc) is 0.865. The number of hydrogen-bond acceptors (Lipinski definition) is 15. The van der Waals surface area contributed by atoms with Gasteiger partial charge in [-0.15, -0.1) is 0 Å². The van der Waals surface area contributed by atoms with Crippen molar-refractivity contribution >= 4 is 76.7 Å². The van der Waals surface area contributed by atoms with E-state index in [1.54, 1.807) is 60.6 Å². The van der Waals surface area contributed by atoms with Gasteiger partial charge >= 0.3 is 0 Å². The first-order valence-electron chi connectivity index (χ1n) is 32.8. The number of aliphatic hydroxyl groups excluding tert-OH is 2. The molecule has 1 heterocycles. The van der Waals surface area contributed by atoms with E-state index in [4.69, 9.17) is 0 Å². The lowest BCUT2D eigenvalue weighted by Gasteiger charge is -2.41. The Morgan fingerprint density at radius 3 is 1.41 bits per heavy atom. The summed E-state index contributed by atoms with van der Waals surface area (Å²) in [6, 6.07) is -14.6. The summed E-state index contributed by atoms with van der Waals surface area (Å²) < 4.78 is 0. The molecule has 1 saturated heterocycles. The third kappa shape index (κ3) is 24.2. The van der Waals surface area contributed by atoms with Crippen LogP contribution in [-0.2, 0) is 52.7 Å². The van der Waals surface area contributed by atoms with Crippen LogP contribution in [0.5, 0.6) is 0 Å². The van der Waals surface area contributed by atoms with Crippen LogP contribution in [0.4, 0.5) is 0 Å². The molecule has 1 rings (SSSR count). The number of amides is 11. The number of nitrogens with zero attached hydrogens (tertiary/aromatic N) is 7. The lowest BCUT2D eigenvalue weighted by Crippen LogP contribution is -2.64. The summed E-state index contributed by atoms with van der Waals surface area (Å²) in [5, 5.41) is 44.2. The van der Waals surface area contributed by atoms with Crippen molar-refractivity contribution in [2.45, 2.75) is 241 Å². The van der Waals surface area contributed by atoms with E-state index in [9.17, 15) is 39.3 Å². The molecule has 11 amide bonds. The fraction of sp³-hybridized carbons (Fsp3) is 0.803.